The number of carbonyl (C=O) groups is 1. The summed E-state index contributed by atoms with van der Waals surface area (Å²) in [5.74, 6) is -0.750. The summed E-state index contributed by atoms with van der Waals surface area (Å²) in [5, 5.41) is 14.3. The van der Waals surface area contributed by atoms with E-state index in [1.807, 2.05) is 6.07 Å². The van der Waals surface area contributed by atoms with Crippen molar-refractivity contribution in [3.8, 4) is 11.8 Å². The molecular formula is C17H15Cl2N3O3. The van der Waals surface area contributed by atoms with Crippen LogP contribution in [-0.2, 0) is 14.3 Å². The van der Waals surface area contributed by atoms with Crippen molar-refractivity contribution < 1.29 is 14.3 Å². The van der Waals surface area contributed by atoms with Crippen molar-refractivity contribution in [2.75, 3.05) is 20.3 Å². The molecule has 0 N–H and O–H groups in total. The van der Waals surface area contributed by atoms with E-state index in [0.29, 0.717) is 22.0 Å². The molecule has 130 valence electrons. The Morgan fingerprint density at radius 2 is 2.08 bits per heavy atom. The highest BCUT2D eigenvalue weighted by molar-refractivity contribution is 6.33. The molecule has 1 aromatic carbocycles. The average molecular weight is 380 g/mol. The highest BCUT2D eigenvalue weighted by Crippen LogP contribution is 2.29. The molecule has 0 radical (unpaired) electrons. The van der Waals surface area contributed by atoms with Gasteiger partial charge in [0.25, 0.3) is 0 Å². The zero-order chi connectivity index (χ0) is 18.4. The first-order valence-electron chi connectivity index (χ1n) is 7.27. The second kappa shape index (κ2) is 8.67. The number of nitriles is 1. The van der Waals surface area contributed by atoms with Crippen LogP contribution in [0, 0.1) is 18.3 Å². The molecule has 0 unspecified atom stereocenters. The van der Waals surface area contributed by atoms with Gasteiger partial charge >= 0.3 is 5.97 Å². The zero-order valence-electron chi connectivity index (χ0n) is 13.6. The number of hydrogen-bond donors (Lipinski definition) is 0. The van der Waals surface area contributed by atoms with Crippen molar-refractivity contribution in [2.24, 2.45) is 0 Å². The largest absolute Gasteiger partial charge is 0.459 e. The highest BCUT2D eigenvalue weighted by atomic mass is 35.5. The van der Waals surface area contributed by atoms with Gasteiger partial charge in [0.2, 0.25) is 0 Å². The predicted octanol–water partition coefficient (Wildman–Crippen LogP) is 3.58. The highest BCUT2D eigenvalue weighted by Gasteiger charge is 2.18. The van der Waals surface area contributed by atoms with Crippen molar-refractivity contribution in [3.63, 3.8) is 0 Å². The lowest BCUT2D eigenvalue weighted by Crippen LogP contribution is -2.11. The number of halogens is 2. The third kappa shape index (κ3) is 4.40. The normalized spacial score (nSPS) is 11.2. The van der Waals surface area contributed by atoms with Crippen LogP contribution in [0.15, 0.2) is 29.8 Å². The summed E-state index contributed by atoms with van der Waals surface area (Å²) in [5.41, 5.74) is 1.40. The molecule has 0 aliphatic rings. The van der Waals surface area contributed by atoms with Crippen LogP contribution in [0.1, 0.15) is 11.3 Å². The van der Waals surface area contributed by atoms with Crippen LogP contribution in [0.2, 0.25) is 10.2 Å². The van der Waals surface area contributed by atoms with Gasteiger partial charge < -0.3 is 9.47 Å². The Hall–Kier alpha value is -2.33. The Morgan fingerprint density at radius 1 is 1.36 bits per heavy atom. The molecule has 2 aromatic rings. The molecule has 0 saturated heterocycles. The lowest BCUT2D eigenvalue weighted by atomic mass is 10.1. The summed E-state index contributed by atoms with van der Waals surface area (Å²) in [4.78, 5) is 11.9. The molecule has 0 amide bonds. The number of carbonyl (C=O) groups excluding carboxylic acids is 1. The van der Waals surface area contributed by atoms with Crippen LogP contribution in [0.4, 0.5) is 0 Å². The molecule has 25 heavy (non-hydrogen) atoms. The van der Waals surface area contributed by atoms with Gasteiger partial charge in [-0.3, -0.25) is 0 Å². The van der Waals surface area contributed by atoms with Gasteiger partial charge in [0.05, 0.1) is 23.0 Å². The topological polar surface area (TPSA) is 77.1 Å². The van der Waals surface area contributed by atoms with Gasteiger partial charge in [0, 0.05) is 12.7 Å². The number of aryl methyl sites for hydroxylation is 1. The fourth-order valence-electron chi connectivity index (χ4n) is 2.03. The number of hydrogen-bond acceptors (Lipinski definition) is 5. The second-order valence-corrected chi connectivity index (χ2v) is 5.72. The molecule has 0 aliphatic heterocycles. The number of benzene rings is 1. The maximum atomic E-state index is 11.9. The summed E-state index contributed by atoms with van der Waals surface area (Å²) in [7, 11) is 1.49. The first-order chi connectivity index (χ1) is 12.0. The summed E-state index contributed by atoms with van der Waals surface area (Å²) in [6.07, 6.45) is 1.35. The number of nitrogens with zero attached hydrogens (tertiary/aromatic N) is 3. The number of para-hydroxylation sites is 1. The average Bonchev–Trinajstić information content (AvgIpc) is 2.87. The van der Waals surface area contributed by atoms with E-state index in [9.17, 15) is 10.1 Å². The van der Waals surface area contributed by atoms with Gasteiger partial charge in [0.1, 0.15) is 23.4 Å². The summed E-state index contributed by atoms with van der Waals surface area (Å²) in [6, 6.07) is 8.89. The molecule has 1 aromatic heterocycles. The minimum Gasteiger partial charge on any atom is -0.459 e. The zero-order valence-corrected chi connectivity index (χ0v) is 15.1. The maximum Gasteiger partial charge on any atom is 0.348 e. The Labute approximate surface area is 155 Å². The Morgan fingerprint density at radius 3 is 2.72 bits per heavy atom. The standard InChI is InChI=1S/C17H15Cl2N3O3/c1-11-13(9-12(10-20)17(23)25-8-7-24-2)16(19)22(21-11)15-6-4-3-5-14(15)18/h3-6,9H,7-8H2,1-2H3/b12-9+. The SMILES string of the molecule is COCCOC(=O)/C(C#N)=C/c1c(C)nn(-c2ccccc2Cl)c1Cl. The molecule has 0 saturated carbocycles. The molecule has 6 nitrogen and oxygen atoms in total. The van der Waals surface area contributed by atoms with Crippen molar-refractivity contribution >= 4 is 35.2 Å². The minimum atomic E-state index is -0.750. The molecule has 1 heterocycles. The first kappa shape index (κ1) is 19.0. The lowest BCUT2D eigenvalue weighted by molar-refractivity contribution is -0.139. The van der Waals surface area contributed by atoms with E-state index in [4.69, 9.17) is 32.7 Å². The van der Waals surface area contributed by atoms with Gasteiger partial charge in [-0.2, -0.15) is 10.4 Å². The smallest absolute Gasteiger partial charge is 0.348 e. The van der Waals surface area contributed by atoms with Crippen molar-refractivity contribution in [2.45, 2.75) is 6.92 Å². The lowest BCUT2D eigenvalue weighted by Gasteiger charge is -2.05. The van der Waals surface area contributed by atoms with E-state index in [1.54, 1.807) is 31.2 Å². The van der Waals surface area contributed by atoms with Crippen LogP contribution in [-0.4, -0.2) is 36.1 Å². The van der Waals surface area contributed by atoms with Crippen LogP contribution in [0.5, 0.6) is 0 Å². The summed E-state index contributed by atoms with van der Waals surface area (Å²) >= 11 is 12.6. The Kier molecular flexibility index (Phi) is 6.59. The van der Waals surface area contributed by atoms with Crippen LogP contribution in [0.3, 0.4) is 0 Å². The molecule has 0 spiro atoms. The van der Waals surface area contributed by atoms with E-state index in [1.165, 1.54) is 17.9 Å². The van der Waals surface area contributed by atoms with Crippen LogP contribution >= 0.6 is 23.2 Å². The molecule has 0 aliphatic carbocycles. The van der Waals surface area contributed by atoms with E-state index in [0.717, 1.165) is 0 Å². The molecule has 0 atom stereocenters. The monoisotopic (exact) mass is 379 g/mol. The van der Waals surface area contributed by atoms with E-state index in [2.05, 4.69) is 5.10 Å². The van der Waals surface area contributed by atoms with Crippen molar-refractivity contribution in [3.05, 3.63) is 51.3 Å². The van der Waals surface area contributed by atoms with Crippen LogP contribution < -0.4 is 0 Å². The molecule has 2 rings (SSSR count). The van der Waals surface area contributed by atoms with E-state index in [-0.39, 0.29) is 23.9 Å². The van der Waals surface area contributed by atoms with Gasteiger partial charge in [-0.15, -0.1) is 0 Å². The van der Waals surface area contributed by atoms with E-state index >= 15 is 0 Å². The van der Waals surface area contributed by atoms with Gasteiger partial charge in [0.15, 0.2) is 0 Å². The number of rotatable bonds is 6. The second-order valence-electron chi connectivity index (χ2n) is 4.95. The fraction of sp³-hybridized carbons (Fsp3) is 0.235. The first-order valence-corrected chi connectivity index (χ1v) is 8.03. The third-order valence-electron chi connectivity index (χ3n) is 3.28. The Bertz CT molecular complexity index is 853. The fourth-order valence-corrected chi connectivity index (χ4v) is 2.57. The summed E-state index contributed by atoms with van der Waals surface area (Å²) in [6.45, 7) is 2.02. The number of esters is 1. The minimum absolute atomic E-state index is 0.0555. The maximum absolute atomic E-state index is 11.9. The van der Waals surface area contributed by atoms with Gasteiger partial charge in [-0.05, 0) is 25.1 Å². The predicted molar refractivity (Wildman–Crippen MR) is 94.7 cm³/mol. The van der Waals surface area contributed by atoms with Gasteiger partial charge in [-0.25, -0.2) is 9.48 Å². The Balaban J connectivity index is 2.38. The molecule has 0 bridgehead atoms. The number of ether oxygens (including phenoxy) is 2. The third-order valence-corrected chi connectivity index (χ3v) is 3.96. The molecule has 0 fully saturated rings. The quantitative estimate of drug-likeness (QED) is 0.331. The van der Waals surface area contributed by atoms with Crippen molar-refractivity contribution in [1.29, 1.82) is 5.26 Å². The van der Waals surface area contributed by atoms with Gasteiger partial charge in [-0.1, -0.05) is 35.3 Å². The summed E-state index contributed by atoms with van der Waals surface area (Å²) < 4.78 is 11.2. The molecule has 8 heteroatoms. The van der Waals surface area contributed by atoms with E-state index < -0.39 is 5.97 Å². The number of aromatic nitrogens is 2. The molecular weight excluding hydrogens is 365 g/mol. The van der Waals surface area contributed by atoms with Crippen molar-refractivity contribution in [1.82, 2.24) is 9.78 Å². The number of methoxy groups -OCH3 is 1. The van der Waals surface area contributed by atoms with Crippen LogP contribution in [0.25, 0.3) is 11.8 Å².